The number of anilines is 1. The van der Waals surface area contributed by atoms with Gasteiger partial charge in [0.05, 0.1) is 16.5 Å². The molecule has 8 nitrogen and oxygen atoms in total. The van der Waals surface area contributed by atoms with E-state index in [-0.39, 0.29) is 22.7 Å². The van der Waals surface area contributed by atoms with Gasteiger partial charge in [-0.15, -0.1) is 0 Å². The number of carbonyl (C=O) groups excluding carboxylic acids is 1. The molecule has 11 heteroatoms. The summed E-state index contributed by atoms with van der Waals surface area (Å²) in [5.74, 6) is 0.104. The molecule has 1 amide bonds. The predicted octanol–water partition coefficient (Wildman–Crippen LogP) is 3.36. The van der Waals surface area contributed by atoms with E-state index in [0.717, 1.165) is 16.3 Å². The minimum atomic E-state index is -0.512. The quantitative estimate of drug-likeness (QED) is 0.452. The smallest absolute Gasteiger partial charge is 0.324 e. The van der Waals surface area contributed by atoms with Crippen molar-refractivity contribution in [2.75, 3.05) is 11.1 Å². The summed E-state index contributed by atoms with van der Waals surface area (Å²) in [5.41, 5.74) is -0.765. The summed E-state index contributed by atoms with van der Waals surface area (Å²) in [7, 11) is 2.94. The van der Waals surface area contributed by atoms with Crippen molar-refractivity contribution in [1.29, 1.82) is 0 Å². The van der Waals surface area contributed by atoms with E-state index in [9.17, 15) is 14.4 Å². The maximum Gasteiger partial charge on any atom is 0.332 e. The van der Waals surface area contributed by atoms with Crippen LogP contribution in [-0.4, -0.2) is 30.8 Å². The largest absolute Gasteiger partial charge is 0.332 e. The lowest BCUT2D eigenvalue weighted by Crippen LogP contribution is -2.38. The highest BCUT2D eigenvalue weighted by atomic mass is 35.5. The van der Waals surface area contributed by atoms with Gasteiger partial charge >= 0.3 is 5.69 Å². The molecule has 3 aromatic rings. The number of nitrogens with zero attached hydrogens (tertiary/aromatic N) is 4. The molecule has 1 aromatic carbocycles. The molecule has 1 N–H and O–H groups in total. The summed E-state index contributed by atoms with van der Waals surface area (Å²) in [5, 5.41) is 4.02. The maximum absolute atomic E-state index is 12.8. The third-order valence-corrected chi connectivity index (χ3v) is 6.01. The van der Waals surface area contributed by atoms with E-state index in [0.29, 0.717) is 26.6 Å². The molecular weight excluding hydrogens is 461 g/mol. The van der Waals surface area contributed by atoms with Gasteiger partial charge in [-0.3, -0.25) is 18.7 Å². The fourth-order valence-electron chi connectivity index (χ4n) is 2.78. The third kappa shape index (κ3) is 4.78. The van der Waals surface area contributed by atoms with Crippen LogP contribution >= 0.6 is 35.0 Å². The Balaban J connectivity index is 2.01. The number of thioether (sulfide) groups is 1. The van der Waals surface area contributed by atoms with E-state index in [4.69, 9.17) is 23.2 Å². The van der Waals surface area contributed by atoms with Crippen LogP contribution in [0, 0.1) is 0 Å². The highest BCUT2D eigenvalue weighted by Crippen LogP contribution is 2.28. The van der Waals surface area contributed by atoms with Gasteiger partial charge in [0.25, 0.3) is 5.56 Å². The Hall–Kier alpha value is -2.36. The predicted molar refractivity (Wildman–Crippen MR) is 125 cm³/mol. The molecule has 0 saturated carbocycles. The average molecular weight is 482 g/mol. The maximum atomic E-state index is 12.8. The number of fused-ring (bicyclic) bond motifs is 1. The van der Waals surface area contributed by atoms with Gasteiger partial charge in [0, 0.05) is 24.5 Å². The lowest BCUT2D eigenvalue weighted by Gasteiger charge is -2.19. The Bertz CT molecular complexity index is 1310. The van der Waals surface area contributed by atoms with E-state index in [2.05, 4.69) is 15.3 Å². The van der Waals surface area contributed by atoms with Crippen molar-refractivity contribution in [2.45, 2.75) is 31.2 Å². The van der Waals surface area contributed by atoms with Crippen LogP contribution in [0.15, 0.2) is 32.8 Å². The Labute approximate surface area is 192 Å². The summed E-state index contributed by atoms with van der Waals surface area (Å²) >= 11 is 13.1. The molecule has 2 heterocycles. The zero-order valence-electron chi connectivity index (χ0n) is 17.6. The van der Waals surface area contributed by atoms with Crippen LogP contribution in [0.5, 0.6) is 0 Å². The molecule has 31 heavy (non-hydrogen) atoms. The highest BCUT2D eigenvalue weighted by molar-refractivity contribution is 8.00. The Morgan fingerprint density at radius 2 is 1.81 bits per heavy atom. The van der Waals surface area contributed by atoms with Gasteiger partial charge in [0.15, 0.2) is 5.65 Å². The van der Waals surface area contributed by atoms with Gasteiger partial charge in [-0.1, -0.05) is 55.7 Å². The molecule has 0 bridgehead atoms. The number of nitrogens with one attached hydrogen (secondary N) is 1. The number of amides is 1. The first-order valence-electron chi connectivity index (χ1n) is 9.26. The number of hydrogen-bond donors (Lipinski definition) is 1. The number of aromatic nitrogens is 4. The van der Waals surface area contributed by atoms with Gasteiger partial charge in [-0.05, 0) is 18.2 Å². The summed E-state index contributed by atoms with van der Waals surface area (Å²) in [6.07, 6.45) is 0. The van der Waals surface area contributed by atoms with Crippen molar-refractivity contribution in [1.82, 2.24) is 19.1 Å². The van der Waals surface area contributed by atoms with Crippen molar-refractivity contribution in [2.24, 2.45) is 14.1 Å². The van der Waals surface area contributed by atoms with Crippen LogP contribution in [0.1, 0.15) is 26.6 Å². The minimum absolute atomic E-state index is 0.0271. The third-order valence-electron chi connectivity index (χ3n) is 4.48. The lowest BCUT2D eigenvalue weighted by molar-refractivity contribution is -0.113. The molecule has 0 aliphatic heterocycles. The lowest BCUT2D eigenvalue weighted by atomic mass is 9.96. The second-order valence-electron chi connectivity index (χ2n) is 7.97. The average Bonchev–Trinajstić information content (AvgIpc) is 2.69. The Morgan fingerprint density at radius 3 is 2.42 bits per heavy atom. The summed E-state index contributed by atoms with van der Waals surface area (Å²) in [4.78, 5) is 46.7. The zero-order chi connectivity index (χ0) is 23.1. The number of aryl methyl sites for hydroxylation is 1. The molecule has 0 aliphatic carbocycles. The van der Waals surface area contributed by atoms with Gasteiger partial charge in [-0.25, -0.2) is 14.8 Å². The monoisotopic (exact) mass is 481 g/mol. The second kappa shape index (κ2) is 8.64. The van der Waals surface area contributed by atoms with Crippen LogP contribution < -0.4 is 16.6 Å². The zero-order valence-corrected chi connectivity index (χ0v) is 19.9. The van der Waals surface area contributed by atoms with Crippen LogP contribution in [0.25, 0.3) is 11.0 Å². The van der Waals surface area contributed by atoms with E-state index in [1.165, 1.54) is 17.7 Å². The summed E-state index contributed by atoms with van der Waals surface area (Å²) in [6.45, 7) is 5.78. The first kappa shape index (κ1) is 23.3. The van der Waals surface area contributed by atoms with Gasteiger partial charge in [0.1, 0.15) is 16.2 Å². The van der Waals surface area contributed by atoms with Crippen LogP contribution in [0.3, 0.4) is 0 Å². The molecule has 2 aromatic heterocycles. The highest BCUT2D eigenvalue weighted by Gasteiger charge is 2.24. The van der Waals surface area contributed by atoms with Crippen LogP contribution in [-0.2, 0) is 24.3 Å². The first-order valence-corrected chi connectivity index (χ1v) is 11.0. The van der Waals surface area contributed by atoms with Crippen molar-refractivity contribution in [3.05, 3.63) is 54.9 Å². The molecule has 3 rings (SSSR count). The van der Waals surface area contributed by atoms with Crippen molar-refractivity contribution >= 4 is 57.6 Å². The first-order chi connectivity index (χ1) is 14.4. The van der Waals surface area contributed by atoms with Crippen molar-refractivity contribution in [3.63, 3.8) is 0 Å². The molecular formula is C20H21Cl2N5O3S. The molecule has 0 aliphatic rings. The van der Waals surface area contributed by atoms with E-state index in [1.54, 1.807) is 19.2 Å². The SMILES string of the molecule is Cn1c(=O)c2c(SCC(=O)Nc3ccc(Cl)cc3Cl)nc(C(C)(C)C)nc2n(C)c1=O. The minimum Gasteiger partial charge on any atom is -0.324 e. The van der Waals surface area contributed by atoms with E-state index < -0.39 is 16.7 Å². The number of hydrogen-bond acceptors (Lipinski definition) is 6. The van der Waals surface area contributed by atoms with Crippen LogP contribution in [0.2, 0.25) is 10.0 Å². The number of benzene rings is 1. The molecule has 0 radical (unpaired) electrons. The van der Waals surface area contributed by atoms with Crippen LogP contribution in [0.4, 0.5) is 5.69 Å². The summed E-state index contributed by atoms with van der Waals surface area (Å²) < 4.78 is 2.31. The molecule has 0 fully saturated rings. The van der Waals surface area contributed by atoms with Gasteiger partial charge < -0.3 is 5.32 Å². The van der Waals surface area contributed by atoms with E-state index >= 15 is 0 Å². The molecule has 0 unspecified atom stereocenters. The van der Waals surface area contributed by atoms with E-state index in [1.807, 2.05) is 20.8 Å². The van der Waals surface area contributed by atoms with Crippen molar-refractivity contribution in [3.8, 4) is 0 Å². The number of halogens is 2. The fourth-order valence-corrected chi connectivity index (χ4v) is 4.05. The van der Waals surface area contributed by atoms with Crippen molar-refractivity contribution < 1.29 is 4.79 Å². The Kier molecular flexibility index (Phi) is 6.50. The molecule has 0 atom stereocenters. The topological polar surface area (TPSA) is 98.9 Å². The number of rotatable bonds is 4. The molecule has 0 saturated heterocycles. The van der Waals surface area contributed by atoms with Gasteiger partial charge in [0.2, 0.25) is 5.91 Å². The number of carbonyl (C=O) groups is 1. The molecule has 164 valence electrons. The fraction of sp³-hybridized carbons (Fsp3) is 0.350. The molecule has 0 spiro atoms. The standard InChI is InChI=1S/C20H21Cl2N5O3S/c1-20(2,3)18-24-15-14(17(29)27(5)19(30)26(15)4)16(25-18)31-9-13(28)23-12-7-6-10(21)8-11(12)22/h6-8H,9H2,1-5H3,(H,23,28). The second-order valence-corrected chi connectivity index (χ2v) is 9.78. The normalized spacial score (nSPS) is 11.7. The Morgan fingerprint density at radius 1 is 1.13 bits per heavy atom. The van der Waals surface area contributed by atoms with Gasteiger partial charge in [-0.2, -0.15) is 0 Å². The summed E-state index contributed by atoms with van der Waals surface area (Å²) in [6, 6.07) is 4.76.